The molecule has 1 aromatic heterocycles. The molecule has 2 saturated heterocycles. The van der Waals surface area contributed by atoms with Crippen molar-refractivity contribution in [2.75, 3.05) is 67.8 Å². The molecule has 5 rings (SSSR count). The minimum Gasteiger partial charge on any atom is -0.489 e. The van der Waals surface area contributed by atoms with Crippen LogP contribution in [0.25, 0.3) is 0 Å². The van der Waals surface area contributed by atoms with E-state index in [-0.39, 0.29) is 0 Å². The first-order valence-electron chi connectivity index (χ1n) is 11.9. The largest absolute Gasteiger partial charge is 0.489 e. The van der Waals surface area contributed by atoms with Crippen LogP contribution in [-0.2, 0) is 16.1 Å². The van der Waals surface area contributed by atoms with Gasteiger partial charge in [0, 0.05) is 31.2 Å². The van der Waals surface area contributed by atoms with E-state index in [1.165, 1.54) is 0 Å². The first-order chi connectivity index (χ1) is 17.7. The van der Waals surface area contributed by atoms with Gasteiger partial charge in [0.2, 0.25) is 17.8 Å². The first kappa shape index (κ1) is 24.2. The highest BCUT2D eigenvalue weighted by Crippen LogP contribution is 2.19. The molecule has 10 nitrogen and oxygen atoms in total. The lowest BCUT2D eigenvalue weighted by Crippen LogP contribution is -2.40. The van der Waals surface area contributed by atoms with Crippen LogP contribution in [0.1, 0.15) is 11.1 Å². The van der Waals surface area contributed by atoms with Gasteiger partial charge >= 0.3 is 0 Å². The molecule has 188 valence electrons. The topological polar surface area (TPSA) is 97.2 Å². The maximum atomic E-state index is 5.93. The Bertz CT molecular complexity index is 1110. The Morgan fingerprint density at radius 2 is 1.42 bits per heavy atom. The summed E-state index contributed by atoms with van der Waals surface area (Å²) in [6.45, 7) is 6.03. The summed E-state index contributed by atoms with van der Waals surface area (Å²) < 4.78 is 16.8. The molecule has 0 saturated carbocycles. The Balaban J connectivity index is 1.23. The van der Waals surface area contributed by atoms with Crippen molar-refractivity contribution in [3.8, 4) is 5.75 Å². The van der Waals surface area contributed by atoms with E-state index in [0.717, 1.165) is 43.1 Å². The molecule has 2 aliphatic heterocycles. The van der Waals surface area contributed by atoms with Crippen molar-refractivity contribution in [2.24, 2.45) is 5.10 Å². The number of hydrazone groups is 1. The molecule has 11 heteroatoms. The summed E-state index contributed by atoms with van der Waals surface area (Å²) in [6.07, 6.45) is 1.72. The zero-order valence-corrected chi connectivity index (χ0v) is 20.6. The van der Waals surface area contributed by atoms with Gasteiger partial charge in [-0.05, 0) is 47.5 Å². The summed E-state index contributed by atoms with van der Waals surface area (Å²) in [5, 5.41) is 5.06. The average molecular weight is 510 g/mol. The quantitative estimate of drug-likeness (QED) is 0.362. The smallest absolute Gasteiger partial charge is 0.250 e. The van der Waals surface area contributed by atoms with Crippen LogP contribution >= 0.6 is 11.6 Å². The number of nitrogens with one attached hydrogen (secondary N) is 1. The molecule has 0 unspecified atom stereocenters. The van der Waals surface area contributed by atoms with Crippen molar-refractivity contribution in [2.45, 2.75) is 6.61 Å². The molecule has 36 heavy (non-hydrogen) atoms. The van der Waals surface area contributed by atoms with E-state index in [1.54, 1.807) is 6.21 Å². The van der Waals surface area contributed by atoms with E-state index >= 15 is 0 Å². The molecule has 0 bridgehead atoms. The third-order valence-electron chi connectivity index (χ3n) is 5.78. The lowest BCUT2D eigenvalue weighted by atomic mass is 10.2. The third-order valence-corrected chi connectivity index (χ3v) is 6.03. The van der Waals surface area contributed by atoms with Crippen LogP contribution in [0.2, 0.25) is 5.02 Å². The van der Waals surface area contributed by atoms with E-state index in [1.807, 2.05) is 48.5 Å². The molecular weight excluding hydrogens is 482 g/mol. The molecule has 3 aromatic rings. The third kappa shape index (κ3) is 6.60. The molecular formula is C25H28ClN7O3. The van der Waals surface area contributed by atoms with Gasteiger partial charge in [-0.1, -0.05) is 23.7 Å². The van der Waals surface area contributed by atoms with E-state index < -0.39 is 0 Å². The predicted octanol–water partition coefficient (Wildman–Crippen LogP) is 3.22. The van der Waals surface area contributed by atoms with E-state index in [0.29, 0.717) is 55.9 Å². The number of hydrogen-bond donors (Lipinski definition) is 1. The van der Waals surface area contributed by atoms with Gasteiger partial charge in [-0.15, -0.1) is 0 Å². The van der Waals surface area contributed by atoms with E-state index in [2.05, 4.69) is 30.3 Å². The standard InChI is InChI=1S/C25H28ClN7O3/c26-21-5-1-20(2-6-21)18-36-22-7-3-19(4-8-22)17-27-31-23-28-24(32-9-13-34-14-10-32)30-25(29-23)33-11-15-35-16-12-33/h1-8,17H,9-16,18H2,(H,28,29,30,31)/b27-17+. The fraction of sp³-hybridized carbons (Fsp3) is 0.360. The molecule has 0 radical (unpaired) electrons. The summed E-state index contributed by atoms with van der Waals surface area (Å²) >= 11 is 5.93. The molecule has 0 spiro atoms. The number of ether oxygens (including phenoxy) is 3. The van der Waals surface area contributed by atoms with E-state index in [9.17, 15) is 0 Å². The maximum absolute atomic E-state index is 5.93. The van der Waals surface area contributed by atoms with Gasteiger partial charge < -0.3 is 24.0 Å². The van der Waals surface area contributed by atoms with Crippen molar-refractivity contribution < 1.29 is 14.2 Å². The minimum absolute atomic E-state index is 0.396. The lowest BCUT2D eigenvalue weighted by Gasteiger charge is -2.30. The number of rotatable bonds is 8. The van der Waals surface area contributed by atoms with E-state index in [4.69, 9.17) is 30.8 Å². The molecule has 0 amide bonds. The maximum Gasteiger partial charge on any atom is 0.250 e. The van der Waals surface area contributed by atoms with Gasteiger partial charge in [0.05, 0.1) is 32.6 Å². The van der Waals surface area contributed by atoms with Gasteiger partial charge in [-0.2, -0.15) is 20.1 Å². The highest BCUT2D eigenvalue weighted by atomic mass is 35.5. The number of benzene rings is 2. The zero-order valence-electron chi connectivity index (χ0n) is 19.8. The molecule has 2 aliphatic rings. The zero-order chi connectivity index (χ0) is 24.6. The number of aromatic nitrogens is 3. The number of nitrogens with zero attached hydrogens (tertiary/aromatic N) is 6. The van der Waals surface area contributed by atoms with Gasteiger partial charge in [0.15, 0.2) is 0 Å². The Labute approximate surface area is 214 Å². The predicted molar refractivity (Wildman–Crippen MR) is 139 cm³/mol. The second-order valence-electron chi connectivity index (χ2n) is 8.31. The van der Waals surface area contributed by atoms with Crippen molar-refractivity contribution in [1.82, 2.24) is 15.0 Å². The fourth-order valence-electron chi connectivity index (χ4n) is 3.78. The SMILES string of the molecule is Clc1ccc(COc2ccc(/C=N/Nc3nc(N4CCOCC4)nc(N4CCOCC4)n3)cc2)cc1. The number of hydrogen-bond acceptors (Lipinski definition) is 10. The highest BCUT2D eigenvalue weighted by molar-refractivity contribution is 6.30. The van der Waals surface area contributed by atoms with Crippen LogP contribution < -0.4 is 20.0 Å². The van der Waals surface area contributed by atoms with Gasteiger partial charge in [0.1, 0.15) is 12.4 Å². The van der Waals surface area contributed by atoms with Crippen LogP contribution in [-0.4, -0.2) is 73.8 Å². The highest BCUT2D eigenvalue weighted by Gasteiger charge is 2.20. The van der Waals surface area contributed by atoms with Crippen LogP contribution in [0.3, 0.4) is 0 Å². The van der Waals surface area contributed by atoms with Crippen molar-refractivity contribution >= 4 is 35.7 Å². The van der Waals surface area contributed by atoms with Crippen LogP contribution in [0.15, 0.2) is 53.6 Å². The number of anilines is 3. The van der Waals surface area contributed by atoms with Gasteiger partial charge in [0.25, 0.3) is 0 Å². The van der Waals surface area contributed by atoms with Crippen LogP contribution in [0.5, 0.6) is 5.75 Å². The van der Waals surface area contributed by atoms with Crippen molar-refractivity contribution in [3.63, 3.8) is 0 Å². The fourth-order valence-corrected chi connectivity index (χ4v) is 3.90. The average Bonchev–Trinajstić information content (AvgIpc) is 2.94. The molecule has 1 N–H and O–H groups in total. The number of morpholine rings is 2. The molecule has 3 heterocycles. The Morgan fingerprint density at radius 1 is 0.833 bits per heavy atom. The van der Waals surface area contributed by atoms with Gasteiger partial charge in [-0.3, -0.25) is 0 Å². The molecule has 0 atom stereocenters. The summed E-state index contributed by atoms with van der Waals surface area (Å²) in [5.41, 5.74) is 4.94. The monoisotopic (exact) mass is 509 g/mol. The molecule has 0 aliphatic carbocycles. The Kier molecular flexibility index (Phi) is 8.06. The van der Waals surface area contributed by atoms with Crippen molar-refractivity contribution in [3.05, 3.63) is 64.7 Å². The Hall–Kier alpha value is -3.47. The molecule has 2 aromatic carbocycles. The summed E-state index contributed by atoms with van der Waals surface area (Å²) in [6, 6.07) is 15.3. The summed E-state index contributed by atoms with van der Waals surface area (Å²) in [5.74, 6) is 2.41. The Morgan fingerprint density at radius 3 is 2.00 bits per heavy atom. The lowest BCUT2D eigenvalue weighted by molar-refractivity contribution is 0.121. The number of halogens is 1. The first-order valence-corrected chi connectivity index (χ1v) is 12.3. The minimum atomic E-state index is 0.396. The molecule has 2 fully saturated rings. The normalized spacial score (nSPS) is 16.4. The second kappa shape index (κ2) is 12.0. The summed E-state index contributed by atoms with van der Waals surface area (Å²) in [7, 11) is 0. The van der Waals surface area contributed by atoms with Gasteiger partial charge in [-0.25, -0.2) is 5.43 Å². The second-order valence-corrected chi connectivity index (χ2v) is 8.75. The van der Waals surface area contributed by atoms with Crippen molar-refractivity contribution in [1.29, 1.82) is 0 Å². The van der Waals surface area contributed by atoms with Crippen LogP contribution in [0, 0.1) is 0 Å². The van der Waals surface area contributed by atoms with Crippen LogP contribution in [0.4, 0.5) is 17.8 Å². The summed E-state index contributed by atoms with van der Waals surface area (Å²) in [4.78, 5) is 18.1.